The zero-order chi connectivity index (χ0) is 21.7. The van der Waals surface area contributed by atoms with Crippen molar-refractivity contribution < 1.29 is 4.79 Å². The van der Waals surface area contributed by atoms with Gasteiger partial charge in [0, 0.05) is 22.9 Å². The van der Waals surface area contributed by atoms with Gasteiger partial charge < -0.3 is 4.90 Å². The van der Waals surface area contributed by atoms with Gasteiger partial charge in [-0.25, -0.2) is 0 Å². The molecule has 30 heavy (non-hydrogen) atoms. The zero-order valence-electron chi connectivity index (χ0n) is 17.6. The second-order valence-electron chi connectivity index (χ2n) is 7.05. The van der Waals surface area contributed by atoms with Crippen molar-refractivity contribution in [3.8, 4) is 5.69 Å². The molecule has 0 fully saturated rings. The Hall–Kier alpha value is -2.35. The Labute approximate surface area is 186 Å². The van der Waals surface area contributed by atoms with Gasteiger partial charge in [0.25, 0.3) is 0 Å². The van der Waals surface area contributed by atoms with Crippen molar-refractivity contribution in [3.63, 3.8) is 0 Å². The molecule has 0 saturated heterocycles. The van der Waals surface area contributed by atoms with Crippen LogP contribution in [0.2, 0.25) is 5.02 Å². The Balaban J connectivity index is 1.87. The molecule has 8 heteroatoms. The Morgan fingerprint density at radius 2 is 1.77 bits per heavy atom. The Kier molecular flexibility index (Phi) is 7.53. The standard InChI is InChI=1S/C22H26ClN5OS/c1-5-27(18-9-7-6-8-10-18)20(29)15-30-22-25-24-21(16(2)26(3)4)28(22)19-13-11-17(23)12-14-19/h6-14,16H,5,15H2,1-4H3. The van der Waals surface area contributed by atoms with E-state index in [0.29, 0.717) is 16.7 Å². The Morgan fingerprint density at radius 3 is 2.37 bits per heavy atom. The molecule has 2 aromatic carbocycles. The number of carbonyl (C=O) groups excluding carboxylic acids is 1. The van der Waals surface area contributed by atoms with Crippen molar-refractivity contribution >= 4 is 35.0 Å². The van der Waals surface area contributed by atoms with Gasteiger partial charge in [-0.15, -0.1) is 10.2 Å². The maximum absolute atomic E-state index is 12.9. The van der Waals surface area contributed by atoms with Gasteiger partial charge in [0.2, 0.25) is 5.91 Å². The third kappa shape index (κ3) is 5.03. The smallest absolute Gasteiger partial charge is 0.237 e. The highest BCUT2D eigenvalue weighted by molar-refractivity contribution is 7.99. The number of hydrogen-bond acceptors (Lipinski definition) is 5. The fourth-order valence-electron chi connectivity index (χ4n) is 3.02. The third-order valence-electron chi connectivity index (χ3n) is 4.90. The van der Waals surface area contributed by atoms with Crippen LogP contribution in [0.15, 0.2) is 59.8 Å². The number of hydrogen-bond donors (Lipinski definition) is 0. The number of carbonyl (C=O) groups is 1. The van der Waals surface area contributed by atoms with Crippen molar-refractivity contribution in [1.29, 1.82) is 0 Å². The van der Waals surface area contributed by atoms with Gasteiger partial charge in [-0.1, -0.05) is 41.6 Å². The molecule has 6 nitrogen and oxygen atoms in total. The second kappa shape index (κ2) is 10.1. The molecule has 1 aromatic heterocycles. The highest BCUT2D eigenvalue weighted by atomic mass is 35.5. The highest BCUT2D eigenvalue weighted by Gasteiger charge is 2.22. The topological polar surface area (TPSA) is 54.3 Å². The molecular weight excluding hydrogens is 418 g/mol. The number of anilines is 1. The molecule has 1 heterocycles. The predicted octanol–water partition coefficient (Wildman–Crippen LogP) is 4.69. The van der Waals surface area contributed by atoms with Crippen LogP contribution in [-0.4, -0.2) is 52.0 Å². The van der Waals surface area contributed by atoms with E-state index in [0.717, 1.165) is 17.2 Å². The number of halogens is 1. The van der Waals surface area contributed by atoms with E-state index in [-0.39, 0.29) is 17.7 Å². The number of amides is 1. The minimum Gasteiger partial charge on any atom is -0.312 e. The lowest BCUT2D eigenvalue weighted by molar-refractivity contribution is -0.116. The van der Waals surface area contributed by atoms with E-state index in [9.17, 15) is 4.79 Å². The SMILES string of the molecule is CCN(C(=O)CSc1nnc(C(C)N(C)C)n1-c1ccc(Cl)cc1)c1ccccc1. The van der Waals surface area contributed by atoms with Crippen LogP contribution in [-0.2, 0) is 4.79 Å². The Bertz CT molecular complexity index is 975. The molecule has 0 saturated carbocycles. The van der Waals surface area contributed by atoms with E-state index in [1.807, 2.05) is 80.2 Å². The summed E-state index contributed by atoms with van der Waals surface area (Å²) in [6.45, 7) is 4.66. The fourth-order valence-corrected chi connectivity index (χ4v) is 3.99. The van der Waals surface area contributed by atoms with Crippen molar-refractivity contribution in [1.82, 2.24) is 19.7 Å². The molecule has 1 unspecified atom stereocenters. The van der Waals surface area contributed by atoms with Gasteiger partial charge >= 0.3 is 0 Å². The molecular formula is C22H26ClN5OS. The number of thioether (sulfide) groups is 1. The maximum atomic E-state index is 12.9. The summed E-state index contributed by atoms with van der Waals surface area (Å²) in [6, 6.07) is 17.3. The normalized spacial score (nSPS) is 12.2. The average molecular weight is 444 g/mol. The van der Waals surface area contributed by atoms with E-state index >= 15 is 0 Å². The van der Waals surface area contributed by atoms with Crippen LogP contribution < -0.4 is 4.90 Å². The summed E-state index contributed by atoms with van der Waals surface area (Å²) in [5.41, 5.74) is 1.81. The van der Waals surface area contributed by atoms with E-state index in [1.54, 1.807) is 4.90 Å². The first kappa shape index (κ1) is 22.3. The summed E-state index contributed by atoms with van der Waals surface area (Å²) in [5, 5.41) is 10.2. The molecule has 0 N–H and O–H groups in total. The molecule has 0 spiro atoms. The number of aromatic nitrogens is 3. The van der Waals surface area contributed by atoms with Crippen LogP contribution in [0.1, 0.15) is 25.7 Å². The molecule has 158 valence electrons. The molecule has 1 amide bonds. The van der Waals surface area contributed by atoms with E-state index in [2.05, 4.69) is 22.0 Å². The maximum Gasteiger partial charge on any atom is 0.237 e. The summed E-state index contributed by atoms with van der Waals surface area (Å²) in [7, 11) is 4.00. The van der Waals surface area contributed by atoms with Crippen molar-refractivity contribution in [2.24, 2.45) is 0 Å². The first-order valence-electron chi connectivity index (χ1n) is 9.78. The molecule has 0 bridgehead atoms. The quantitative estimate of drug-likeness (QED) is 0.473. The predicted molar refractivity (Wildman–Crippen MR) is 124 cm³/mol. The van der Waals surface area contributed by atoms with Crippen molar-refractivity contribution in [2.75, 3.05) is 31.3 Å². The van der Waals surface area contributed by atoms with Gasteiger partial charge in [-0.05, 0) is 64.3 Å². The second-order valence-corrected chi connectivity index (χ2v) is 8.43. The minimum atomic E-state index is 0.0292. The monoisotopic (exact) mass is 443 g/mol. The summed E-state index contributed by atoms with van der Waals surface area (Å²) in [6.07, 6.45) is 0. The minimum absolute atomic E-state index is 0.0292. The van der Waals surface area contributed by atoms with Crippen LogP contribution >= 0.6 is 23.4 Å². The molecule has 0 aliphatic rings. The first-order valence-corrected chi connectivity index (χ1v) is 11.1. The van der Waals surface area contributed by atoms with Gasteiger partial charge in [-0.3, -0.25) is 14.3 Å². The van der Waals surface area contributed by atoms with Gasteiger partial charge in [-0.2, -0.15) is 0 Å². The lowest BCUT2D eigenvalue weighted by Gasteiger charge is -2.22. The molecule has 0 radical (unpaired) electrons. The van der Waals surface area contributed by atoms with E-state index in [1.165, 1.54) is 11.8 Å². The highest BCUT2D eigenvalue weighted by Crippen LogP contribution is 2.28. The first-order chi connectivity index (χ1) is 14.4. The number of rotatable bonds is 8. The Morgan fingerprint density at radius 1 is 1.10 bits per heavy atom. The summed E-state index contributed by atoms with van der Waals surface area (Å²) in [5.74, 6) is 1.11. The lowest BCUT2D eigenvalue weighted by Crippen LogP contribution is -2.32. The van der Waals surface area contributed by atoms with E-state index in [4.69, 9.17) is 11.6 Å². The molecule has 3 aromatic rings. The van der Waals surface area contributed by atoms with Gasteiger partial charge in [0.1, 0.15) is 0 Å². The van der Waals surface area contributed by atoms with Crippen LogP contribution in [0.3, 0.4) is 0 Å². The summed E-state index contributed by atoms with van der Waals surface area (Å²) < 4.78 is 2.00. The molecule has 0 aliphatic carbocycles. The number of para-hydroxylation sites is 1. The van der Waals surface area contributed by atoms with Crippen LogP contribution in [0.4, 0.5) is 5.69 Å². The number of nitrogens with zero attached hydrogens (tertiary/aromatic N) is 5. The molecule has 1 atom stereocenters. The van der Waals surface area contributed by atoms with E-state index < -0.39 is 0 Å². The van der Waals surface area contributed by atoms with Gasteiger partial charge in [0.15, 0.2) is 11.0 Å². The number of benzene rings is 2. The third-order valence-corrected chi connectivity index (χ3v) is 6.07. The fraction of sp³-hybridized carbons (Fsp3) is 0.318. The van der Waals surface area contributed by atoms with Crippen molar-refractivity contribution in [3.05, 3.63) is 65.4 Å². The van der Waals surface area contributed by atoms with Crippen molar-refractivity contribution in [2.45, 2.75) is 25.0 Å². The average Bonchev–Trinajstić information content (AvgIpc) is 3.17. The van der Waals surface area contributed by atoms with Crippen LogP contribution in [0.5, 0.6) is 0 Å². The van der Waals surface area contributed by atoms with Gasteiger partial charge in [0.05, 0.1) is 11.8 Å². The molecule has 0 aliphatic heterocycles. The largest absolute Gasteiger partial charge is 0.312 e. The summed E-state index contributed by atoms with van der Waals surface area (Å²) in [4.78, 5) is 16.8. The zero-order valence-corrected chi connectivity index (χ0v) is 19.2. The summed E-state index contributed by atoms with van der Waals surface area (Å²) >= 11 is 7.46. The lowest BCUT2D eigenvalue weighted by atomic mass is 10.2. The van der Waals surface area contributed by atoms with Crippen LogP contribution in [0.25, 0.3) is 5.69 Å². The van der Waals surface area contributed by atoms with Crippen LogP contribution in [0, 0.1) is 0 Å². The molecule has 3 rings (SSSR count).